The van der Waals surface area contributed by atoms with Gasteiger partial charge < -0.3 is 8.98 Å². The van der Waals surface area contributed by atoms with E-state index < -0.39 is 0 Å². The number of Topliss-reactive ketones (excluding diaryl/α,β-unsaturated/α-hetero) is 1. The van der Waals surface area contributed by atoms with Crippen molar-refractivity contribution in [3.8, 4) is 0 Å². The Morgan fingerprint density at radius 2 is 2.00 bits per heavy atom. The number of nitrogens with zero attached hydrogens (tertiary/aromatic N) is 3. The van der Waals surface area contributed by atoms with E-state index in [9.17, 15) is 4.79 Å². The maximum atomic E-state index is 13.5. The number of carbonyl (C=O) groups is 1. The van der Waals surface area contributed by atoms with Crippen molar-refractivity contribution < 1.29 is 9.21 Å². The molecule has 4 aliphatic rings. The molecule has 1 atom stereocenters. The first kappa shape index (κ1) is 16.6. The van der Waals surface area contributed by atoms with Gasteiger partial charge in [-0.25, -0.2) is 0 Å². The Hall–Kier alpha value is -1.56. The molecule has 4 saturated carbocycles. The van der Waals surface area contributed by atoms with Gasteiger partial charge in [-0.1, -0.05) is 11.8 Å². The van der Waals surface area contributed by atoms with E-state index >= 15 is 0 Å². The molecule has 0 spiro atoms. The van der Waals surface area contributed by atoms with E-state index in [0.717, 1.165) is 47.9 Å². The zero-order chi connectivity index (χ0) is 17.7. The van der Waals surface area contributed by atoms with Crippen LogP contribution in [-0.4, -0.2) is 25.8 Å². The summed E-state index contributed by atoms with van der Waals surface area (Å²) in [6.45, 7) is 2.65. The van der Waals surface area contributed by atoms with Crippen LogP contribution in [0.3, 0.4) is 0 Å². The Balaban J connectivity index is 1.31. The molecule has 2 aromatic rings. The first-order valence-electron chi connectivity index (χ1n) is 9.72. The molecule has 2 heterocycles. The first-order chi connectivity index (χ1) is 12.6. The largest absolute Gasteiger partial charge is 0.467 e. The van der Waals surface area contributed by atoms with Crippen LogP contribution in [-0.2, 0) is 11.3 Å². The summed E-state index contributed by atoms with van der Waals surface area (Å²) in [4.78, 5) is 13.5. The van der Waals surface area contributed by atoms with Crippen molar-refractivity contribution in [2.45, 2.75) is 62.4 Å². The highest BCUT2D eigenvalue weighted by atomic mass is 32.2. The Kier molecular flexibility index (Phi) is 3.99. The topological polar surface area (TPSA) is 60.9 Å². The molecule has 0 amide bonds. The molecule has 26 heavy (non-hydrogen) atoms. The van der Waals surface area contributed by atoms with Gasteiger partial charge in [0.05, 0.1) is 18.1 Å². The van der Waals surface area contributed by atoms with E-state index in [4.69, 9.17) is 4.42 Å². The van der Waals surface area contributed by atoms with Gasteiger partial charge in [0, 0.05) is 5.41 Å². The van der Waals surface area contributed by atoms with Gasteiger partial charge in [0.15, 0.2) is 10.9 Å². The van der Waals surface area contributed by atoms with Gasteiger partial charge in [0.2, 0.25) is 0 Å². The number of carbonyl (C=O) groups excluding carboxylic acids is 1. The van der Waals surface area contributed by atoms with Gasteiger partial charge in [-0.3, -0.25) is 4.79 Å². The van der Waals surface area contributed by atoms with Gasteiger partial charge in [-0.2, -0.15) is 0 Å². The molecule has 0 saturated heterocycles. The minimum absolute atomic E-state index is 0.0486. The minimum Gasteiger partial charge on any atom is -0.467 e. The molecule has 2 aromatic heterocycles. The fourth-order valence-electron chi connectivity index (χ4n) is 6.07. The molecule has 1 unspecified atom stereocenters. The summed E-state index contributed by atoms with van der Waals surface area (Å²) in [5.74, 6) is 3.71. The molecule has 5 nitrogen and oxygen atoms in total. The van der Waals surface area contributed by atoms with Crippen LogP contribution in [0.15, 0.2) is 34.3 Å². The summed E-state index contributed by atoms with van der Waals surface area (Å²) < 4.78 is 7.39. The number of furan rings is 1. The molecule has 4 aliphatic carbocycles. The second-order valence-electron chi connectivity index (χ2n) is 8.64. The first-order valence-corrected chi connectivity index (χ1v) is 10.6. The van der Waals surface area contributed by atoms with Gasteiger partial charge in [0.1, 0.15) is 12.1 Å². The Labute approximate surface area is 157 Å². The van der Waals surface area contributed by atoms with Crippen LogP contribution in [0.5, 0.6) is 0 Å². The highest BCUT2D eigenvalue weighted by Gasteiger charge is 2.55. The summed E-state index contributed by atoms with van der Waals surface area (Å²) in [7, 11) is 0. The van der Waals surface area contributed by atoms with E-state index in [-0.39, 0.29) is 10.7 Å². The number of thioether (sulfide) groups is 1. The molecule has 0 aromatic carbocycles. The van der Waals surface area contributed by atoms with Gasteiger partial charge >= 0.3 is 0 Å². The second-order valence-corrected chi connectivity index (χ2v) is 9.95. The number of aromatic nitrogens is 3. The third-order valence-corrected chi connectivity index (χ3v) is 7.79. The van der Waals surface area contributed by atoms with E-state index in [0.29, 0.717) is 12.3 Å². The predicted molar refractivity (Wildman–Crippen MR) is 98.8 cm³/mol. The highest BCUT2D eigenvalue weighted by Crippen LogP contribution is 2.61. The summed E-state index contributed by atoms with van der Waals surface area (Å²) >= 11 is 1.55. The maximum Gasteiger partial charge on any atom is 0.192 e. The molecule has 0 aliphatic heterocycles. The molecule has 0 N–H and O–H groups in total. The zero-order valence-corrected chi connectivity index (χ0v) is 16.0. The van der Waals surface area contributed by atoms with Crippen LogP contribution in [0, 0.1) is 23.2 Å². The monoisotopic (exact) mass is 371 g/mol. The molecular formula is C20H25N3O2S. The van der Waals surface area contributed by atoms with Crippen molar-refractivity contribution in [1.82, 2.24) is 14.8 Å². The SMILES string of the molecule is CC(Sc1nncn1Cc1ccco1)C(=O)C12CC3CC(CC(C3)C1)C2. The minimum atomic E-state index is -0.0780. The van der Waals surface area contributed by atoms with Crippen molar-refractivity contribution in [2.75, 3.05) is 0 Å². The molecule has 4 fully saturated rings. The number of hydrogen-bond acceptors (Lipinski definition) is 5. The fraction of sp³-hybridized carbons (Fsp3) is 0.650. The lowest BCUT2D eigenvalue weighted by Gasteiger charge is -2.56. The lowest BCUT2D eigenvalue weighted by molar-refractivity contribution is -0.142. The second kappa shape index (κ2) is 6.25. The van der Waals surface area contributed by atoms with E-state index in [1.165, 1.54) is 19.3 Å². The maximum absolute atomic E-state index is 13.5. The third kappa shape index (κ3) is 2.82. The lowest BCUT2D eigenvalue weighted by atomic mass is 9.48. The van der Waals surface area contributed by atoms with Crippen LogP contribution in [0.2, 0.25) is 0 Å². The number of ketones is 1. The average Bonchev–Trinajstić information content (AvgIpc) is 3.26. The van der Waals surface area contributed by atoms with Gasteiger partial charge in [0.25, 0.3) is 0 Å². The van der Waals surface area contributed by atoms with E-state index in [1.54, 1.807) is 24.4 Å². The third-order valence-electron chi connectivity index (χ3n) is 6.70. The number of rotatable bonds is 6. The molecule has 138 valence electrons. The average molecular weight is 372 g/mol. The van der Waals surface area contributed by atoms with Crippen LogP contribution in [0.1, 0.15) is 51.2 Å². The van der Waals surface area contributed by atoms with E-state index in [1.807, 2.05) is 16.7 Å². The summed E-state index contributed by atoms with van der Waals surface area (Å²) in [6.07, 6.45) is 10.9. The molecular weight excluding hydrogens is 346 g/mol. The van der Waals surface area contributed by atoms with E-state index in [2.05, 4.69) is 17.1 Å². The lowest BCUT2D eigenvalue weighted by Crippen LogP contribution is -2.51. The van der Waals surface area contributed by atoms with Crippen LogP contribution >= 0.6 is 11.8 Å². The summed E-state index contributed by atoms with van der Waals surface area (Å²) in [6, 6.07) is 3.82. The summed E-state index contributed by atoms with van der Waals surface area (Å²) in [5.41, 5.74) is -0.0486. The van der Waals surface area contributed by atoms with Crippen molar-refractivity contribution in [1.29, 1.82) is 0 Å². The van der Waals surface area contributed by atoms with Crippen molar-refractivity contribution >= 4 is 17.5 Å². The van der Waals surface area contributed by atoms with Gasteiger partial charge in [-0.15, -0.1) is 10.2 Å². The normalized spacial score (nSPS) is 33.5. The van der Waals surface area contributed by atoms with Crippen LogP contribution < -0.4 is 0 Å². The standard InChI is InChI=1S/C20H25N3O2S/c1-13(26-19-22-21-12-23(19)11-17-3-2-4-25-17)18(24)20-8-14-5-15(9-20)7-16(6-14)10-20/h2-4,12-16H,5-11H2,1H3. The van der Waals surface area contributed by atoms with Crippen molar-refractivity contribution in [3.05, 3.63) is 30.5 Å². The predicted octanol–water partition coefficient (Wildman–Crippen LogP) is 4.19. The quantitative estimate of drug-likeness (QED) is 0.713. The summed E-state index contributed by atoms with van der Waals surface area (Å²) in [5, 5.41) is 9.01. The van der Waals surface area contributed by atoms with Crippen LogP contribution in [0.4, 0.5) is 0 Å². The fourth-order valence-corrected chi connectivity index (χ4v) is 7.08. The molecule has 4 bridgehead atoms. The smallest absolute Gasteiger partial charge is 0.192 e. The van der Waals surface area contributed by atoms with Crippen molar-refractivity contribution in [2.24, 2.45) is 23.2 Å². The van der Waals surface area contributed by atoms with Crippen molar-refractivity contribution in [3.63, 3.8) is 0 Å². The Morgan fingerprint density at radius 1 is 1.31 bits per heavy atom. The molecule has 6 rings (SSSR count). The zero-order valence-electron chi connectivity index (χ0n) is 15.1. The van der Waals surface area contributed by atoms with Gasteiger partial charge in [-0.05, 0) is 75.3 Å². The highest BCUT2D eigenvalue weighted by molar-refractivity contribution is 8.00. The number of hydrogen-bond donors (Lipinski definition) is 0. The molecule has 0 radical (unpaired) electrons. The van der Waals surface area contributed by atoms with Crippen LogP contribution in [0.25, 0.3) is 0 Å². The molecule has 6 heteroatoms. The Morgan fingerprint density at radius 3 is 2.62 bits per heavy atom. The Bertz CT molecular complexity index is 763.